The molecular weight excluding hydrogens is 618 g/mol. The Balaban J connectivity index is 1.37. The largest absolute Gasteiger partial charge is 0.490 e. The third-order valence-electron chi connectivity index (χ3n) is 7.69. The maximum absolute atomic E-state index is 12.7. The number of para-hydroxylation sites is 2. The number of benzene rings is 2. The van der Waals surface area contributed by atoms with Gasteiger partial charge in [-0.1, -0.05) is 62.4 Å². The minimum absolute atomic E-state index is 0.00882. The van der Waals surface area contributed by atoms with E-state index in [2.05, 4.69) is 18.5 Å². The second-order valence-electron chi connectivity index (χ2n) is 12.0. The Bertz CT molecular complexity index is 1230. The molecule has 2 atom stereocenters. The first-order chi connectivity index (χ1) is 23.1. The van der Waals surface area contributed by atoms with Gasteiger partial charge in [0.05, 0.1) is 0 Å². The number of ether oxygens (including phenoxy) is 6. The Morgan fingerprint density at radius 2 is 1.15 bits per heavy atom. The van der Waals surface area contributed by atoms with Gasteiger partial charge in [0, 0.05) is 24.1 Å². The van der Waals surface area contributed by atoms with Crippen molar-refractivity contribution in [1.29, 1.82) is 0 Å². The minimum atomic E-state index is -0.813. The topological polar surface area (TPSA) is 136 Å². The van der Waals surface area contributed by atoms with Crippen molar-refractivity contribution in [1.82, 2.24) is 5.32 Å². The van der Waals surface area contributed by atoms with E-state index in [0.717, 1.165) is 25.7 Å². The van der Waals surface area contributed by atoms with Gasteiger partial charge < -0.3 is 33.7 Å². The van der Waals surface area contributed by atoms with Crippen LogP contribution in [0.5, 0.6) is 11.5 Å². The highest BCUT2D eigenvalue weighted by Crippen LogP contribution is 2.31. The van der Waals surface area contributed by atoms with Crippen molar-refractivity contribution >= 4 is 24.0 Å². The zero-order valence-corrected chi connectivity index (χ0v) is 27.9. The Morgan fingerprint density at radius 1 is 0.688 bits per heavy atom. The molecule has 0 aromatic heterocycles. The molecule has 0 bridgehead atoms. The first kappa shape index (κ1) is 37.7. The Morgan fingerprint density at radius 3 is 1.62 bits per heavy atom. The first-order valence-corrected chi connectivity index (χ1v) is 16.2. The SMILES string of the molecule is C=C(C)C(=O)OCC(COc1ccccc1)OC(=O)CCC1CCC(CNC(=O)OC(COC(=O)C(=C)C)COc2ccccc2)CC1. The maximum Gasteiger partial charge on any atom is 0.407 e. The molecule has 1 N–H and O–H groups in total. The van der Waals surface area contributed by atoms with Crippen LogP contribution in [0.1, 0.15) is 52.4 Å². The standard InChI is InChI=1S/C37H47NO10/c1-26(2)35(40)45-24-32(22-43-30-11-7-5-8-12-30)47-34(39)20-19-28-15-17-29(18-16-28)21-38-37(42)48-33(25-46-36(41)27(3)4)23-44-31-13-9-6-10-14-31/h5-14,28-29,32-33H,1,3,15-25H2,2,4H3,(H,38,42). The minimum Gasteiger partial charge on any atom is -0.490 e. The number of carbonyl (C=O) groups excluding carboxylic acids is 4. The summed E-state index contributed by atoms with van der Waals surface area (Å²) in [6.45, 7) is 10.4. The number of carbonyl (C=O) groups is 4. The summed E-state index contributed by atoms with van der Waals surface area (Å²) < 4.78 is 33.0. The summed E-state index contributed by atoms with van der Waals surface area (Å²) >= 11 is 0. The monoisotopic (exact) mass is 665 g/mol. The molecule has 0 radical (unpaired) electrons. The lowest BCUT2D eigenvalue weighted by Crippen LogP contribution is -2.38. The van der Waals surface area contributed by atoms with Crippen LogP contribution in [0.15, 0.2) is 85.0 Å². The van der Waals surface area contributed by atoms with E-state index in [0.29, 0.717) is 30.4 Å². The van der Waals surface area contributed by atoms with Crippen LogP contribution in [-0.2, 0) is 33.3 Å². The highest BCUT2D eigenvalue weighted by molar-refractivity contribution is 5.87. The van der Waals surface area contributed by atoms with Crippen LogP contribution >= 0.6 is 0 Å². The molecule has 2 aromatic carbocycles. The predicted octanol–water partition coefficient (Wildman–Crippen LogP) is 5.98. The van der Waals surface area contributed by atoms with Crippen LogP contribution < -0.4 is 14.8 Å². The van der Waals surface area contributed by atoms with Gasteiger partial charge in [-0.25, -0.2) is 14.4 Å². The summed E-state index contributed by atoms with van der Waals surface area (Å²) in [5.74, 6) is 0.321. The average Bonchev–Trinajstić information content (AvgIpc) is 3.09. The molecule has 260 valence electrons. The molecule has 0 spiro atoms. The van der Waals surface area contributed by atoms with Crippen LogP contribution in [0.2, 0.25) is 0 Å². The van der Waals surface area contributed by atoms with Crippen molar-refractivity contribution in [2.45, 2.75) is 64.6 Å². The molecule has 1 aliphatic carbocycles. The van der Waals surface area contributed by atoms with E-state index >= 15 is 0 Å². The third kappa shape index (κ3) is 14.7. The number of alkyl carbamates (subject to hydrolysis) is 1. The second-order valence-corrected chi connectivity index (χ2v) is 12.0. The molecule has 2 aromatic rings. The quantitative estimate of drug-likeness (QED) is 0.109. The van der Waals surface area contributed by atoms with Crippen molar-refractivity contribution in [3.63, 3.8) is 0 Å². The normalized spacial score (nSPS) is 16.7. The number of amides is 1. The summed E-state index contributed by atoms with van der Waals surface area (Å²) in [5.41, 5.74) is 0.500. The van der Waals surface area contributed by atoms with E-state index in [-0.39, 0.29) is 55.9 Å². The highest BCUT2D eigenvalue weighted by Gasteiger charge is 2.25. The van der Waals surface area contributed by atoms with Crippen LogP contribution in [-0.4, -0.2) is 69.2 Å². The van der Waals surface area contributed by atoms with Gasteiger partial charge in [-0.15, -0.1) is 0 Å². The van der Waals surface area contributed by atoms with Crippen molar-refractivity contribution in [2.24, 2.45) is 11.8 Å². The number of hydrogen-bond acceptors (Lipinski definition) is 10. The number of esters is 3. The Labute approximate surface area is 282 Å². The molecule has 1 fully saturated rings. The number of nitrogens with one attached hydrogen (secondary N) is 1. The molecule has 2 unspecified atom stereocenters. The molecule has 1 saturated carbocycles. The zero-order chi connectivity index (χ0) is 34.7. The van der Waals surface area contributed by atoms with Crippen LogP contribution in [0.25, 0.3) is 0 Å². The number of rotatable bonds is 19. The fourth-order valence-corrected chi connectivity index (χ4v) is 4.94. The summed E-state index contributed by atoms with van der Waals surface area (Å²) in [6.07, 6.45) is 2.32. The van der Waals surface area contributed by atoms with E-state index < -0.39 is 30.2 Å². The van der Waals surface area contributed by atoms with Crippen LogP contribution in [0, 0.1) is 11.8 Å². The van der Waals surface area contributed by atoms with E-state index in [1.165, 1.54) is 6.92 Å². The summed E-state index contributed by atoms with van der Waals surface area (Å²) in [4.78, 5) is 49.1. The van der Waals surface area contributed by atoms with Crippen molar-refractivity contribution < 1.29 is 47.6 Å². The summed E-state index contributed by atoms with van der Waals surface area (Å²) in [5, 5.41) is 2.83. The average molecular weight is 666 g/mol. The smallest absolute Gasteiger partial charge is 0.407 e. The fraction of sp³-hybridized carbons (Fsp3) is 0.459. The summed E-state index contributed by atoms with van der Waals surface area (Å²) in [7, 11) is 0. The highest BCUT2D eigenvalue weighted by atomic mass is 16.6. The second kappa shape index (κ2) is 20.4. The molecule has 3 rings (SSSR count). The lowest BCUT2D eigenvalue weighted by atomic mass is 9.80. The Kier molecular flexibility index (Phi) is 16.0. The van der Waals surface area contributed by atoms with Crippen molar-refractivity contribution in [3.8, 4) is 11.5 Å². The molecule has 48 heavy (non-hydrogen) atoms. The van der Waals surface area contributed by atoms with E-state index in [1.54, 1.807) is 31.2 Å². The molecule has 0 saturated heterocycles. The van der Waals surface area contributed by atoms with Crippen molar-refractivity contribution in [3.05, 3.63) is 85.0 Å². The van der Waals surface area contributed by atoms with E-state index in [1.807, 2.05) is 36.4 Å². The summed E-state index contributed by atoms with van der Waals surface area (Å²) in [6, 6.07) is 18.2. The van der Waals surface area contributed by atoms with E-state index in [4.69, 9.17) is 28.4 Å². The van der Waals surface area contributed by atoms with Gasteiger partial charge in [-0.3, -0.25) is 4.79 Å². The molecule has 11 nitrogen and oxygen atoms in total. The molecule has 1 aliphatic rings. The molecule has 0 heterocycles. The molecular formula is C37H47NO10. The first-order valence-electron chi connectivity index (χ1n) is 16.2. The molecule has 0 aliphatic heterocycles. The van der Waals surface area contributed by atoms with Gasteiger partial charge in [0.2, 0.25) is 0 Å². The van der Waals surface area contributed by atoms with Crippen LogP contribution in [0.4, 0.5) is 4.79 Å². The van der Waals surface area contributed by atoms with Gasteiger partial charge in [-0.05, 0) is 69.2 Å². The van der Waals surface area contributed by atoms with Crippen molar-refractivity contribution in [2.75, 3.05) is 33.0 Å². The third-order valence-corrected chi connectivity index (χ3v) is 7.69. The number of hydrogen-bond donors (Lipinski definition) is 1. The Hall–Kier alpha value is -4.80. The van der Waals surface area contributed by atoms with Crippen LogP contribution in [0.3, 0.4) is 0 Å². The molecule has 11 heteroatoms. The van der Waals surface area contributed by atoms with Gasteiger partial charge in [0.1, 0.15) is 37.9 Å². The molecule has 1 amide bonds. The zero-order valence-electron chi connectivity index (χ0n) is 27.9. The van der Waals surface area contributed by atoms with Gasteiger partial charge in [-0.2, -0.15) is 0 Å². The van der Waals surface area contributed by atoms with Gasteiger partial charge in [0.25, 0.3) is 0 Å². The maximum atomic E-state index is 12.7. The fourth-order valence-electron chi connectivity index (χ4n) is 4.94. The lowest BCUT2D eigenvalue weighted by molar-refractivity contribution is -0.159. The predicted molar refractivity (Wildman–Crippen MR) is 178 cm³/mol. The van der Waals surface area contributed by atoms with Gasteiger partial charge >= 0.3 is 24.0 Å². The lowest BCUT2D eigenvalue weighted by Gasteiger charge is -2.28. The van der Waals surface area contributed by atoms with Gasteiger partial charge in [0.15, 0.2) is 12.2 Å². The van der Waals surface area contributed by atoms with E-state index in [9.17, 15) is 19.2 Å².